The Hall–Kier alpha value is -0.570. The second kappa shape index (κ2) is 4.52. The highest BCUT2D eigenvalue weighted by atomic mass is 32.1. The molecule has 0 spiro atoms. The average molecular weight is 224 g/mol. The fraction of sp³-hybridized carbons (Fsp3) is 0.750. The molecule has 1 aliphatic carbocycles. The Morgan fingerprint density at radius 3 is 2.53 bits per heavy atom. The van der Waals surface area contributed by atoms with Crippen molar-refractivity contribution in [3.8, 4) is 0 Å². The summed E-state index contributed by atoms with van der Waals surface area (Å²) >= 11 is 5.32. The lowest BCUT2D eigenvalue weighted by atomic mass is 9.84. The first-order chi connectivity index (χ1) is 7.22. The Bertz CT molecular complexity index is 369. The van der Waals surface area contributed by atoms with E-state index in [4.69, 9.17) is 12.2 Å². The van der Waals surface area contributed by atoms with Gasteiger partial charge in [0.15, 0.2) is 4.77 Å². The molecule has 1 aromatic rings. The summed E-state index contributed by atoms with van der Waals surface area (Å²) in [6.07, 6.45) is 8.69. The Morgan fingerprint density at radius 2 is 2.07 bits per heavy atom. The van der Waals surface area contributed by atoms with Crippen LogP contribution >= 0.6 is 12.2 Å². The standard InChI is InChI=1S/C12H20N2S/c1-3-10-4-6-11(7-5-10)14-9(2)8-13-12(14)15/h8,10-11H,3-7H2,1-2H3,(H,13,15). The molecule has 2 rings (SSSR count). The van der Waals surface area contributed by atoms with Crippen LogP contribution in [-0.4, -0.2) is 9.55 Å². The molecule has 1 fully saturated rings. The van der Waals surface area contributed by atoms with Gasteiger partial charge in [0.2, 0.25) is 0 Å². The number of imidazole rings is 1. The number of hydrogen-bond donors (Lipinski definition) is 1. The maximum Gasteiger partial charge on any atom is 0.177 e. The molecule has 0 aliphatic heterocycles. The van der Waals surface area contributed by atoms with Gasteiger partial charge in [0.25, 0.3) is 0 Å². The Labute approximate surface area is 96.7 Å². The third-order valence-electron chi connectivity index (χ3n) is 3.76. The SMILES string of the molecule is CCC1CCC(n2c(C)c[nH]c2=S)CC1. The summed E-state index contributed by atoms with van der Waals surface area (Å²) in [5.74, 6) is 0.953. The minimum Gasteiger partial charge on any atom is -0.337 e. The zero-order valence-corrected chi connectivity index (χ0v) is 10.4. The molecule has 0 saturated heterocycles. The van der Waals surface area contributed by atoms with Crippen LogP contribution in [0.25, 0.3) is 0 Å². The van der Waals surface area contributed by atoms with E-state index in [9.17, 15) is 0 Å². The van der Waals surface area contributed by atoms with Gasteiger partial charge < -0.3 is 9.55 Å². The topological polar surface area (TPSA) is 20.7 Å². The van der Waals surface area contributed by atoms with E-state index in [-0.39, 0.29) is 0 Å². The van der Waals surface area contributed by atoms with Crippen molar-refractivity contribution in [1.82, 2.24) is 9.55 Å². The van der Waals surface area contributed by atoms with Crippen LogP contribution in [0.2, 0.25) is 0 Å². The smallest absolute Gasteiger partial charge is 0.177 e. The lowest BCUT2D eigenvalue weighted by Crippen LogP contribution is -2.18. The first-order valence-corrected chi connectivity index (χ1v) is 6.39. The Balaban J connectivity index is 2.11. The molecule has 1 aliphatic rings. The van der Waals surface area contributed by atoms with E-state index in [0.717, 1.165) is 10.7 Å². The van der Waals surface area contributed by atoms with Crippen LogP contribution in [0.3, 0.4) is 0 Å². The van der Waals surface area contributed by atoms with Crippen LogP contribution < -0.4 is 0 Å². The van der Waals surface area contributed by atoms with Crippen molar-refractivity contribution in [2.75, 3.05) is 0 Å². The molecule has 15 heavy (non-hydrogen) atoms. The number of aryl methyl sites for hydroxylation is 1. The van der Waals surface area contributed by atoms with Gasteiger partial charge in [-0.25, -0.2) is 0 Å². The first-order valence-electron chi connectivity index (χ1n) is 5.99. The van der Waals surface area contributed by atoms with E-state index in [2.05, 4.69) is 23.4 Å². The van der Waals surface area contributed by atoms with Crippen molar-refractivity contribution in [2.24, 2.45) is 5.92 Å². The fourth-order valence-electron chi connectivity index (χ4n) is 2.73. The average Bonchev–Trinajstić information content (AvgIpc) is 2.59. The van der Waals surface area contributed by atoms with Crippen molar-refractivity contribution in [1.29, 1.82) is 0 Å². The van der Waals surface area contributed by atoms with Crippen LogP contribution in [0.1, 0.15) is 50.8 Å². The van der Waals surface area contributed by atoms with Gasteiger partial charge >= 0.3 is 0 Å². The van der Waals surface area contributed by atoms with E-state index in [0.29, 0.717) is 6.04 Å². The van der Waals surface area contributed by atoms with Crippen molar-refractivity contribution in [3.05, 3.63) is 16.7 Å². The molecule has 1 heterocycles. The number of nitrogens with zero attached hydrogens (tertiary/aromatic N) is 1. The molecule has 0 unspecified atom stereocenters. The van der Waals surface area contributed by atoms with Gasteiger partial charge in [-0.15, -0.1) is 0 Å². The second-order valence-electron chi connectivity index (χ2n) is 4.69. The van der Waals surface area contributed by atoms with Crippen LogP contribution in [0, 0.1) is 17.6 Å². The normalized spacial score (nSPS) is 26.8. The number of aromatic amines is 1. The fourth-order valence-corrected chi connectivity index (χ4v) is 3.08. The molecule has 84 valence electrons. The van der Waals surface area contributed by atoms with E-state index >= 15 is 0 Å². The van der Waals surface area contributed by atoms with Crippen molar-refractivity contribution >= 4 is 12.2 Å². The first kappa shape index (κ1) is 10.9. The molecule has 3 heteroatoms. The van der Waals surface area contributed by atoms with Crippen LogP contribution in [0.4, 0.5) is 0 Å². The van der Waals surface area contributed by atoms with Gasteiger partial charge in [0.1, 0.15) is 0 Å². The van der Waals surface area contributed by atoms with Gasteiger partial charge in [-0.1, -0.05) is 13.3 Å². The zero-order chi connectivity index (χ0) is 10.8. The molecule has 0 amide bonds. The Morgan fingerprint density at radius 1 is 1.40 bits per heavy atom. The van der Waals surface area contributed by atoms with Gasteiger partial charge in [-0.05, 0) is 50.7 Å². The highest BCUT2D eigenvalue weighted by Gasteiger charge is 2.22. The predicted octanol–water partition coefficient (Wildman–Crippen LogP) is 4.00. The molecule has 0 atom stereocenters. The molecule has 2 nitrogen and oxygen atoms in total. The minimum atomic E-state index is 0.645. The monoisotopic (exact) mass is 224 g/mol. The van der Waals surface area contributed by atoms with Crippen molar-refractivity contribution in [3.63, 3.8) is 0 Å². The molecule has 0 bridgehead atoms. The van der Waals surface area contributed by atoms with E-state index < -0.39 is 0 Å². The van der Waals surface area contributed by atoms with Crippen molar-refractivity contribution in [2.45, 2.75) is 52.0 Å². The number of aromatic nitrogens is 2. The zero-order valence-electron chi connectivity index (χ0n) is 9.62. The number of nitrogens with one attached hydrogen (secondary N) is 1. The number of H-pyrrole nitrogens is 1. The van der Waals surface area contributed by atoms with Crippen LogP contribution in [0.15, 0.2) is 6.20 Å². The summed E-state index contributed by atoms with van der Waals surface area (Å²) in [5.41, 5.74) is 1.28. The number of rotatable bonds is 2. The molecular weight excluding hydrogens is 204 g/mol. The molecule has 1 aromatic heterocycles. The lowest BCUT2D eigenvalue weighted by Gasteiger charge is -2.29. The van der Waals surface area contributed by atoms with Gasteiger partial charge in [-0.3, -0.25) is 0 Å². The summed E-state index contributed by atoms with van der Waals surface area (Å²) in [6.45, 7) is 4.44. The summed E-state index contributed by atoms with van der Waals surface area (Å²) in [7, 11) is 0. The third-order valence-corrected chi connectivity index (χ3v) is 4.08. The predicted molar refractivity (Wildman–Crippen MR) is 65.6 cm³/mol. The molecule has 0 radical (unpaired) electrons. The third kappa shape index (κ3) is 2.17. The summed E-state index contributed by atoms with van der Waals surface area (Å²) in [4.78, 5) is 3.14. The van der Waals surface area contributed by atoms with Gasteiger partial charge in [0.05, 0.1) is 0 Å². The van der Waals surface area contributed by atoms with E-state index in [1.165, 1.54) is 37.8 Å². The number of hydrogen-bond acceptors (Lipinski definition) is 1. The maximum absolute atomic E-state index is 5.32. The lowest BCUT2D eigenvalue weighted by molar-refractivity contribution is 0.266. The molecular formula is C12H20N2S. The van der Waals surface area contributed by atoms with Gasteiger partial charge in [-0.2, -0.15) is 0 Å². The van der Waals surface area contributed by atoms with E-state index in [1.54, 1.807) is 0 Å². The summed E-state index contributed by atoms with van der Waals surface area (Å²) < 4.78 is 3.20. The maximum atomic E-state index is 5.32. The quantitative estimate of drug-likeness (QED) is 0.753. The highest BCUT2D eigenvalue weighted by molar-refractivity contribution is 7.71. The van der Waals surface area contributed by atoms with Crippen molar-refractivity contribution < 1.29 is 0 Å². The second-order valence-corrected chi connectivity index (χ2v) is 5.07. The summed E-state index contributed by atoms with van der Waals surface area (Å²) in [5, 5.41) is 0. The largest absolute Gasteiger partial charge is 0.337 e. The summed E-state index contributed by atoms with van der Waals surface area (Å²) in [6, 6.07) is 0.645. The molecule has 1 saturated carbocycles. The van der Waals surface area contributed by atoms with Crippen LogP contribution in [-0.2, 0) is 0 Å². The van der Waals surface area contributed by atoms with Crippen LogP contribution in [0.5, 0.6) is 0 Å². The minimum absolute atomic E-state index is 0.645. The van der Waals surface area contributed by atoms with E-state index in [1.807, 2.05) is 6.20 Å². The van der Waals surface area contributed by atoms with Gasteiger partial charge in [0, 0.05) is 17.9 Å². The Kier molecular flexibility index (Phi) is 3.29. The highest BCUT2D eigenvalue weighted by Crippen LogP contribution is 2.34. The molecule has 0 aromatic carbocycles. The molecule has 1 N–H and O–H groups in total.